The van der Waals surface area contributed by atoms with Crippen molar-refractivity contribution in [1.29, 1.82) is 0 Å². The van der Waals surface area contributed by atoms with Crippen LogP contribution in [0.2, 0.25) is 0 Å². The van der Waals surface area contributed by atoms with Gasteiger partial charge in [-0.2, -0.15) is 0 Å². The molecule has 1 unspecified atom stereocenters. The summed E-state index contributed by atoms with van der Waals surface area (Å²) in [5, 5.41) is 11.5. The van der Waals surface area contributed by atoms with Gasteiger partial charge < -0.3 is 10.0 Å². The molecule has 1 N–H and O–H groups in total. The number of hydrogen-bond acceptors (Lipinski definition) is 4. The number of anilines is 2. The molecule has 178 valence electrons. The van der Waals surface area contributed by atoms with E-state index in [1.807, 2.05) is 92.6 Å². The molecular formula is C30H30N2O3. The van der Waals surface area contributed by atoms with Crippen molar-refractivity contribution in [3.05, 3.63) is 100 Å². The van der Waals surface area contributed by atoms with Crippen molar-refractivity contribution in [3.63, 3.8) is 0 Å². The standard InChI is InChI=1S/C30H30N2O3/c1-19-8-4-7-11-25(19)27-26(28(33)22-13-12-20-9-5-6-10-21(20)18-22)29(34)30(35)32(27)24-16-14-23(15-17-24)31(2)3/h4,7-8,11-18,27,33H,5-6,9-10H2,1-3H3/b28-26+. The SMILES string of the molecule is Cc1ccccc1C1/C(=C(\O)c2ccc3c(c2)CCCC3)C(=O)C(=O)N1c1ccc(N(C)C)cc1. The van der Waals surface area contributed by atoms with E-state index in [4.69, 9.17) is 0 Å². The number of carbonyl (C=O) groups excluding carboxylic acids is 2. The molecule has 1 heterocycles. The Hall–Kier alpha value is -3.86. The van der Waals surface area contributed by atoms with Gasteiger partial charge in [0.1, 0.15) is 5.76 Å². The van der Waals surface area contributed by atoms with Crippen LogP contribution in [0.3, 0.4) is 0 Å². The number of fused-ring (bicyclic) bond motifs is 1. The molecule has 1 fully saturated rings. The maximum absolute atomic E-state index is 13.4. The monoisotopic (exact) mass is 466 g/mol. The molecule has 0 spiro atoms. The summed E-state index contributed by atoms with van der Waals surface area (Å²) < 4.78 is 0. The molecule has 1 amide bonds. The third-order valence-electron chi connectivity index (χ3n) is 7.19. The van der Waals surface area contributed by atoms with Crippen LogP contribution in [0, 0.1) is 6.92 Å². The summed E-state index contributed by atoms with van der Waals surface area (Å²) in [4.78, 5) is 30.4. The highest BCUT2D eigenvalue weighted by Gasteiger charge is 2.47. The molecule has 5 rings (SSSR count). The van der Waals surface area contributed by atoms with Gasteiger partial charge in [0, 0.05) is 31.0 Å². The van der Waals surface area contributed by atoms with Crippen molar-refractivity contribution in [2.75, 3.05) is 23.9 Å². The minimum atomic E-state index is -0.711. The second kappa shape index (κ2) is 9.06. The first-order valence-corrected chi connectivity index (χ1v) is 12.1. The Labute approximate surface area is 206 Å². The lowest BCUT2D eigenvalue weighted by molar-refractivity contribution is -0.132. The van der Waals surface area contributed by atoms with Crippen LogP contribution in [0.5, 0.6) is 0 Å². The summed E-state index contributed by atoms with van der Waals surface area (Å²) in [5.74, 6) is -1.40. The number of rotatable bonds is 4. The van der Waals surface area contributed by atoms with E-state index >= 15 is 0 Å². The quantitative estimate of drug-likeness (QED) is 0.310. The topological polar surface area (TPSA) is 60.9 Å². The number of hydrogen-bond donors (Lipinski definition) is 1. The third kappa shape index (κ3) is 4.01. The Kier molecular flexibility index (Phi) is 5.93. The lowest BCUT2D eigenvalue weighted by Gasteiger charge is -2.27. The lowest BCUT2D eigenvalue weighted by Crippen LogP contribution is -2.29. The van der Waals surface area contributed by atoms with E-state index in [1.165, 1.54) is 22.4 Å². The maximum Gasteiger partial charge on any atom is 0.300 e. The van der Waals surface area contributed by atoms with Gasteiger partial charge in [-0.3, -0.25) is 14.5 Å². The van der Waals surface area contributed by atoms with Gasteiger partial charge in [-0.1, -0.05) is 36.4 Å². The van der Waals surface area contributed by atoms with E-state index in [0.717, 1.165) is 36.1 Å². The van der Waals surface area contributed by atoms with Gasteiger partial charge in [0.15, 0.2) is 0 Å². The fraction of sp³-hybridized carbons (Fsp3) is 0.267. The van der Waals surface area contributed by atoms with Crippen LogP contribution >= 0.6 is 0 Å². The van der Waals surface area contributed by atoms with Crippen LogP contribution < -0.4 is 9.80 Å². The van der Waals surface area contributed by atoms with Crippen LogP contribution in [-0.4, -0.2) is 30.9 Å². The average molecular weight is 467 g/mol. The van der Waals surface area contributed by atoms with E-state index in [1.54, 1.807) is 0 Å². The number of carbonyl (C=O) groups is 2. The molecule has 2 aliphatic rings. The number of aryl methyl sites for hydroxylation is 3. The molecular weight excluding hydrogens is 436 g/mol. The molecule has 0 saturated carbocycles. The Morgan fingerprint density at radius 3 is 2.29 bits per heavy atom. The molecule has 1 aliphatic heterocycles. The molecule has 1 aliphatic carbocycles. The molecule has 0 aromatic heterocycles. The largest absolute Gasteiger partial charge is 0.507 e. The Balaban J connectivity index is 1.68. The molecule has 0 radical (unpaired) electrons. The van der Waals surface area contributed by atoms with Gasteiger partial charge in [0.2, 0.25) is 0 Å². The van der Waals surface area contributed by atoms with Crippen molar-refractivity contribution in [1.82, 2.24) is 0 Å². The minimum Gasteiger partial charge on any atom is -0.507 e. The zero-order valence-corrected chi connectivity index (χ0v) is 20.4. The normalized spacial score (nSPS) is 19.1. The molecule has 1 saturated heterocycles. The zero-order valence-electron chi connectivity index (χ0n) is 20.4. The number of nitrogens with zero attached hydrogens (tertiary/aromatic N) is 2. The third-order valence-corrected chi connectivity index (χ3v) is 7.19. The van der Waals surface area contributed by atoms with Gasteiger partial charge >= 0.3 is 0 Å². The molecule has 5 heteroatoms. The highest BCUT2D eigenvalue weighted by atomic mass is 16.3. The molecule has 35 heavy (non-hydrogen) atoms. The van der Waals surface area contributed by atoms with Crippen LogP contribution in [0.15, 0.2) is 72.3 Å². The minimum absolute atomic E-state index is 0.114. The molecule has 5 nitrogen and oxygen atoms in total. The predicted molar refractivity (Wildman–Crippen MR) is 140 cm³/mol. The van der Waals surface area contributed by atoms with E-state index in [9.17, 15) is 14.7 Å². The smallest absolute Gasteiger partial charge is 0.300 e. The predicted octanol–water partition coefficient (Wildman–Crippen LogP) is 5.57. The molecule has 3 aromatic rings. The average Bonchev–Trinajstić information content (AvgIpc) is 3.13. The lowest BCUT2D eigenvalue weighted by atomic mass is 9.88. The van der Waals surface area contributed by atoms with E-state index in [2.05, 4.69) is 0 Å². The van der Waals surface area contributed by atoms with Crippen molar-refractivity contribution < 1.29 is 14.7 Å². The van der Waals surface area contributed by atoms with Gasteiger partial charge in [0.25, 0.3) is 11.7 Å². The molecule has 0 bridgehead atoms. The second-order valence-corrected chi connectivity index (χ2v) is 9.63. The summed E-state index contributed by atoms with van der Waals surface area (Å²) >= 11 is 0. The van der Waals surface area contributed by atoms with Crippen molar-refractivity contribution in [2.24, 2.45) is 0 Å². The van der Waals surface area contributed by atoms with E-state index < -0.39 is 17.7 Å². The van der Waals surface area contributed by atoms with Crippen LogP contribution in [0.4, 0.5) is 11.4 Å². The van der Waals surface area contributed by atoms with E-state index in [0.29, 0.717) is 11.3 Å². The first kappa shape index (κ1) is 22.9. The Bertz CT molecular complexity index is 1340. The highest BCUT2D eigenvalue weighted by molar-refractivity contribution is 6.51. The number of benzene rings is 3. The second-order valence-electron chi connectivity index (χ2n) is 9.63. The van der Waals surface area contributed by atoms with Gasteiger partial charge in [-0.05, 0) is 85.2 Å². The van der Waals surface area contributed by atoms with Gasteiger partial charge in [-0.25, -0.2) is 0 Å². The highest BCUT2D eigenvalue weighted by Crippen LogP contribution is 2.43. The van der Waals surface area contributed by atoms with Gasteiger partial charge in [0.05, 0.1) is 11.6 Å². The van der Waals surface area contributed by atoms with Crippen molar-refractivity contribution in [2.45, 2.75) is 38.6 Å². The van der Waals surface area contributed by atoms with Crippen LogP contribution in [-0.2, 0) is 22.4 Å². The summed E-state index contributed by atoms with van der Waals surface area (Å²) in [5.41, 5.74) is 6.61. The first-order chi connectivity index (χ1) is 16.9. The maximum atomic E-state index is 13.4. The van der Waals surface area contributed by atoms with Crippen molar-refractivity contribution >= 4 is 28.8 Å². The van der Waals surface area contributed by atoms with Gasteiger partial charge in [-0.15, -0.1) is 0 Å². The number of aliphatic hydroxyl groups is 1. The molecule has 1 atom stereocenters. The number of amides is 1. The fourth-order valence-electron chi connectivity index (χ4n) is 5.23. The Morgan fingerprint density at radius 1 is 0.914 bits per heavy atom. The van der Waals surface area contributed by atoms with Crippen LogP contribution in [0.25, 0.3) is 5.76 Å². The molecule has 3 aromatic carbocycles. The zero-order chi connectivity index (χ0) is 24.7. The van der Waals surface area contributed by atoms with E-state index in [-0.39, 0.29) is 11.3 Å². The summed E-state index contributed by atoms with van der Waals surface area (Å²) in [6.45, 7) is 1.96. The summed E-state index contributed by atoms with van der Waals surface area (Å²) in [6.07, 6.45) is 4.29. The Morgan fingerprint density at radius 2 is 1.60 bits per heavy atom. The fourth-order valence-corrected chi connectivity index (χ4v) is 5.23. The number of Topliss-reactive ketones (excluding diaryl/α,β-unsaturated/α-hetero) is 1. The summed E-state index contributed by atoms with van der Waals surface area (Å²) in [7, 11) is 3.90. The van der Waals surface area contributed by atoms with Crippen LogP contribution in [0.1, 0.15) is 46.7 Å². The number of ketones is 1. The summed E-state index contributed by atoms with van der Waals surface area (Å²) in [6, 6.07) is 20.5. The van der Waals surface area contributed by atoms with Crippen molar-refractivity contribution in [3.8, 4) is 0 Å². The first-order valence-electron chi connectivity index (χ1n) is 12.1. The number of aliphatic hydroxyl groups excluding tert-OH is 1.